The van der Waals surface area contributed by atoms with E-state index < -0.39 is 0 Å². The van der Waals surface area contributed by atoms with Gasteiger partial charge in [0.2, 0.25) is 11.8 Å². The Balaban J connectivity index is 0.00000288. The monoisotopic (exact) mass is 359 g/mol. The average molecular weight is 360 g/mol. The smallest absolute Gasteiger partial charge is 0.224 e. The third-order valence-corrected chi connectivity index (χ3v) is 5.37. The van der Waals surface area contributed by atoms with Crippen LogP contribution in [0.5, 0.6) is 0 Å². The van der Waals surface area contributed by atoms with E-state index in [9.17, 15) is 9.59 Å². The molecule has 0 spiro atoms. The molecule has 2 amide bonds. The molecule has 1 saturated heterocycles. The van der Waals surface area contributed by atoms with Gasteiger partial charge in [-0.05, 0) is 58.5 Å². The summed E-state index contributed by atoms with van der Waals surface area (Å²) in [7, 11) is 1.99. The zero-order valence-corrected chi connectivity index (χ0v) is 16.0. The molecule has 1 aliphatic heterocycles. The van der Waals surface area contributed by atoms with Gasteiger partial charge in [0, 0.05) is 31.5 Å². The van der Waals surface area contributed by atoms with E-state index in [2.05, 4.69) is 10.6 Å². The van der Waals surface area contributed by atoms with Crippen molar-refractivity contribution < 1.29 is 9.59 Å². The topological polar surface area (TPSA) is 61.4 Å². The van der Waals surface area contributed by atoms with Crippen LogP contribution in [0.25, 0.3) is 0 Å². The molecular formula is C18H34ClN3O2. The molecule has 2 aliphatic rings. The van der Waals surface area contributed by atoms with Crippen LogP contribution < -0.4 is 10.6 Å². The number of carbonyl (C=O) groups is 2. The van der Waals surface area contributed by atoms with Gasteiger partial charge in [-0.25, -0.2) is 0 Å². The fourth-order valence-electron chi connectivity index (χ4n) is 3.81. The Morgan fingerprint density at radius 3 is 2.33 bits per heavy atom. The van der Waals surface area contributed by atoms with Crippen molar-refractivity contribution in [3.05, 3.63) is 0 Å². The molecule has 1 heterocycles. The molecular weight excluding hydrogens is 326 g/mol. The number of halogens is 1. The molecule has 5 nitrogen and oxygen atoms in total. The summed E-state index contributed by atoms with van der Waals surface area (Å²) in [4.78, 5) is 26.5. The van der Waals surface area contributed by atoms with Crippen LogP contribution >= 0.6 is 12.4 Å². The maximum Gasteiger partial charge on any atom is 0.224 e. The molecule has 0 aromatic rings. The molecule has 6 heteroatoms. The molecule has 0 aromatic heterocycles. The van der Waals surface area contributed by atoms with E-state index in [-0.39, 0.29) is 36.2 Å². The number of nitrogens with one attached hydrogen (secondary N) is 2. The van der Waals surface area contributed by atoms with Crippen molar-refractivity contribution in [1.82, 2.24) is 15.5 Å². The zero-order valence-electron chi connectivity index (χ0n) is 15.2. The summed E-state index contributed by atoms with van der Waals surface area (Å²) in [6.07, 6.45) is 8.18. The first-order chi connectivity index (χ1) is 11.1. The summed E-state index contributed by atoms with van der Waals surface area (Å²) >= 11 is 0. The molecule has 1 atom stereocenters. The van der Waals surface area contributed by atoms with E-state index >= 15 is 0 Å². The Labute approximate surface area is 152 Å². The molecule has 0 aromatic carbocycles. The molecule has 140 valence electrons. The summed E-state index contributed by atoms with van der Waals surface area (Å²) in [5, 5.41) is 6.23. The van der Waals surface area contributed by atoms with Gasteiger partial charge < -0.3 is 15.5 Å². The Bertz CT molecular complexity index is 392. The van der Waals surface area contributed by atoms with Crippen molar-refractivity contribution in [2.75, 3.05) is 26.7 Å². The second-order valence-corrected chi connectivity index (χ2v) is 7.31. The second-order valence-electron chi connectivity index (χ2n) is 7.31. The van der Waals surface area contributed by atoms with E-state index in [1.54, 1.807) is 0 Å². The van der Waals surface area contributed by atoms with Gasteiger partial charge in [-0.1, -0.05) is 12.8 Å². The predicted molar refractivity (Wildman–Crippen MR) is 99.3 cm³/mol. The van der Waals surface area contributed by atoms with Crippen LogP contribution in [0.1, 0.15) is 58.3 Å². The Morgan fingerprint density at radius 1 is 1.12 bits per heavy atom. The summed E-state index contributed by atoms with van der Waals surface area (Å²) in [6, 6.07) is -0.0578. The lowest BCUT2D eigenvalue weighted by Crippen LogP contribution is -2.43. The molecule has 2 fully saturated rings. The van der Waals surface area contributed by atoms with E-state index in [1.807, 2.05) is 18.9 Å². The highest BCUT2D eigenvalue weighted by atomic mass is 35.5. The van der Waals surface area contributed by atoms with Crippen LogP contribution in [0, 0.1) is 11.8 Å². The number of piperidine rings is 1. The number of amides is 2. The largest absolute Gasteiger partial charge is 0.353 e. The lowest BCUT2D eigenvalue weighted by molar-refractivity contribution is -0.133. The standard InChI is InChI=1S/C18H33N3O2.ClH/c1-14(20-18(23)16-5-3-4-6-16)13-17(22)21-11-8-15(9-12-21)7-10-19-2;/h14-16,19H,3-13H2,1-2H3,(H,20,23);1H. The number of hydrogen-bond donors (Lipinski definition) is 2. The van der Waals surface area contributed by atoms with E-state index in [4.69, 9.17) is 0 Å². The zero-order chi connectivity index (χ0) is 16.7. The fraction of sp³-hybridized carbons (Fsp3) is 0.889. The van der Waals surface area contributed by atoms with Gasteiger partial charge in [0.25, 0.3) is 0 Å². The quantitative estimate of drug-likeness (QED) is 0.733. The van der Waals surface area contributed by atoms with E-state index in [0.717, 1.165) is 64.1 Å². The molecule has 24 heavy (non-hydrogen) atoms. The van der Waals surface area contributed by atoms with Crippen molar-refractivity contribution in [3.63, 3.8) is 0 Å². The third-order valence-electron chi connectivity index (χ3n) is 5.37. The van der Waals surface area contributed by atoms with Gasteiger partial charge in [-0.15, -0.1) is 12.4 Å². The fourth-order valence-corrected chi connectivity index (χ4v) is 3.81. The highest BCUT2D eigenvalue weighted by Gasteiger charge is 2.26. The number of carbonyl (C=O) groups excluding carboxylic acids is 2. The summed E-state index contributed by atoms with van der Waals surface area (Å²) in [5.74, 6) is 1.26. The van der Waals surface area contributed by atoms with Crippen molar-refractivity contribution in [1.29, 1.82) is 0 Å². The molecule has 1 unspecified atom stereocenters. The number of likely N-dealkylation sites (tertiary alicyclic amines) is 1. The lowest BCUT2D eigenvalue weighted by atomic mass is 9.93. The van der Waals surface area contributed by atoms with Crippen LogP contribution in [0.2, 0.25) is 0 Å². The van der Waals surface area contributed by atoms with Crippen molar-refractivity contribution in [3.8, 4) is 0 Å². The first-order valence-corrected chi connectivity index (χ1v) is 9.33. The summed E-state index contributed by atoms with van der Waals surface area (Å²) in [5.41, 5.74) is 0. The predicted octanol–water partition coefficient (Wildman–Crippen LogP) is 2.34. The highest BCUT2D eigenvalue weighted by Crippen LogP contribution is 2.25. The molecule has 1 saturated carbocycles. The molecule has 2 N–H and O–H groups in total. The first-order valence-electron chi connectivity index (χ1n) is 9.33. The van der Waals surface area contributed by atoms with E-state index in [0.29, 0.717) is 6.42 Å². The molecule has 0 bridgehead atoms. The van der Waals surface area contributed by atoms with Gasteiger partial charge in [0.15, 0.2) is 0 Å². The normalized spacial score (nSPS) is 20.5. The number of rotatable bonds is 7. The minimum absolute atomic E-state index is 0. The van der Waals surface area contributed by atoms with Crippen LogP contribution in [-0.2, 0) is 9.59 Å². The van der Waals surface area contributed by atoms with Gasteiger partial charge in [0.1, 0.15) is 0 Å². The molecule has 1 aliphatic carbocycles. The van der Waals surface area contributed by atoms with Crippen LogP contribution in [0.3, 0.4) is 0 Å². The van der Waals surface area contributed by atoms with E-state index in [1.165, 1.54) is 6.42 Å². The Morgan fingerprint density at radius 2 is 1.75 bits per heavy atom. The minimum Gasteiger partial charge on any atom is -0.353 e. The van der Waals surface area contributed by atoms with Gasteiger partial charge in [0.05, 0.1) is 0 Å². The van der Waals surface area contributed by atoms with Crippen LogP contribution in [-0.4, -0.2) is 49.4 Å². The van der Waals surface area contributed by atoms with Crippen molar-refractivity contribution in [2.45, 2.75) is 64.3 Å². The Hall–Kier alpha value is -0.810. The summed E-state index contributed by atoms with van der Waals surface area (Å²) in [6.45, 7) is 4.75. The number of nitrogens with zero attached hydrogens (tertiary/aromatic N) is 1. The molecule has 0 radical (unpaired) electrons. The van der Waals surface area contributed by atoms with Gasteiger partial charge in [-0.3, -0.25) is 9.59 Å². The maximum absolute atomic E-state index is 12.4. The second kappa shape index (κ2) is 10.9. The third kappa shape index (κ3) is 6.60. The lowest BCUT2D eigenvalue weighted by Gasteiger charge is -2.33. The van der Waals surface area contributed by atoms with Crippen LogP contribution in [0.4, 0.5) is 0 Å². The number of hydrogen-bond acceptors (Lipinski definition) is 3. The minimum atomic E-state index is -0.0578. The summed E-state index contributed by atoms with van der Waals surface area (Å²) < 4.78 is 0. The first kappa shape index (κ1) is 21.2. The van der Waals surface area contributed by atoms with Gasteiger partial charge >= 0.3 is 0 Å². The van der Waals surface area contributed by atoms with Gasteiger partial charge in [-0.2, -0.15) is 0 Å². The van der Waals surface area contributed by atoms with Crippen molar-refractivity contribution >= 4 is 24.2 Å². The highest BCUT2D eigenvalue weighted by molar-refractivity contribution is 5.85. The average Bonchev–Trinajstić information content (AvgIpc) is 3.07. The van der Waals surface area contributed by atoms with Crippen LogP contribution in [0.15, 0.2) is 0 Å². The SMILES string of the molecule is CNCCC1CCN(C(=O)CC(C)NC(=O)C2CCCC2)CC1.Cl. The molecule has 2 rings (SSSR count). The Kier molecular flexibility index (Phi) is 9.67. The van der Waals surface area contributed by atoms with Crippen molar-refractivity contribution in [2.24, 2.45) is 11.8 Å². The maximum atomic E-state index is 12.4.